The maximum atomic E-state index is 12.4. The van der Waals surface area contributed by atoms with Gasteiger partial charge in [-0.15, -0.1) is 0 Å². The zero-order chi connectivity index (χ0) is 21.6. The van der Waals surface area contributed by atoms with Gasteiger partial charge in [0.2, 0.25) is 0 Å². The molecule has 2 rings (SSSR count). The van der Waals surface area contributed by atoms with Gasteiger partial charge < -0.3 is 19.7 Å². The first-order chi connectivity index (χ1) is 13.6. The van der Waals surface area contributed by atoms with Crippen molar-refractivity contribution in [2.45, 2.75) is 65.2 Å². The van der Waals surface area contributed by atoms with Crippen molar-refractivity contribution in [1.29, 1.82) is 0 Å². The molecule has 0 heterocycles. The first-order valence-corrected chi connectivity index (χ1v) is 10.4. The molecule has 8 heteroatoms. The Morgan fingerprint density at radius 1 is 0.690 bits per heavy atom. The molecule has 2 aliphatic carbocycles. The third-order valence-electron chi connectivity index (χ3n) is 5.98. The molecule has 0 radical (unpaired) electrons. The number of carboxylic acids is 2. The summed E-state index contributed by atoms with van der Waals surface area (Å²) in [6, 6.07) is 0. The van der Waals surface area contributed by atoms with Gasteiger partial charge in [-0.1, -0.05) is 39.5 Å². The summed E-state index contributed by atoms with van der Waals surface area (Å²) in [6.07, 6.45) is 5.15. The number of rotatable bonds is 8. The van der Waals surface area contributed by atoms with Crippen molar-refractivity contribution < 1.29 is 38.9 Å². The highest BCUT2D eigenvalue weighted by molar-refractivity contribution is 5.82. The quantitative estimate of drug-likeness (QED) is 0.583. The molecule has 0 aliphatic heterocycles. The van der Waals surface area contributed by atoms with E-state index in [1.165, 1.54) is 0 Å². The lowest BCUT2D eigenvalue weighted by atomic mass is 9.79. The van der Waals surface area contributed by atoms with Crippen molar-refractivity contribution in [2.24, 2.45) is 29.1 Å². The van der Waals surface area contributed by atoms with Crippen LogP contribution in [0.2, 0.25) is 0 Å². The molecule has 0 bridgehead atoms. The zero-order valence-electron chi connectivity index (χ0n) is 17.2. The van der Waals surface area contributed by atoms with E-state index in [2.05, 4.69) is 0 Å². The number of esters is 2. The molecule has 2 N–H and O–H groups in total. The van der Waals surface area contributed by atoms with E-state index < -0.39 is 53.0 Å². The maximum Gasteiger partial charge on any atom is 0.309 e. The minimum Gasteiger partial charge on any atom is -0.481 e. The molecule has 2 saturated carbocycles. The maximum absolute atomic E-state index is 12.4. The lowest BCUT2D eigenvalue weighted by molar-refractivity contribution is -0.166. The number of hydrogen-bond donors (Lipinski definition) is 2. The third kappa shape index (κ3) is 6.44. The van der Waals surface area contributed by atoms with Crippen LogP contribution in [0.3, 0.4) is 0 Å². The fourth-order valence-corrected chi connectivity index (χ4v) is 4.21. The van der Waals surface area contributed by atoms with E-state index in [4.69, 9.17) is 9.47 Å². The highest BCUT2D eigenvalue weighted by atomic mass is 16.5. The molecule has 4 unspecified atom stereocenters. The van der Waals surface area contributed by atoms with Crippen LogP contribution in [0.15, 0.2) is 0 Å². The van der Waals surface area contributed by atoms with Gasteiger partial charge in [0, 0.05) is 5.41 Å². The Labute approximate surface area is 170 Å². The zero-order valence-corrected chi connectivity index (χ0v) is 17.2. The molecule has 0 aromatic heterocycles. The first-order valence-electron chi connectivity index (χ1n) is 10.4. The predicted molar refractivity (Wildman–Crippen MR) is 102 cm³/mol. The average molecular weight is 412 g/mol. The van der Waals surface area contributed by atoms with Gasteiger partial charge in [0.1, 0.15) is 0 Å². The van der Waals surface area contributed by atoms with Crippen LogP contribution in [0, 0.1) is 29.1 Å². The van der Waals surface area contributed by atoms with E-state index in [0.717, 1.165) is 25.7 Å². The Morgan fingerprint density at radius 3 is 1.31 bits per heavy atom. The van der Waals surface area contributed by atoms with Crippen molar-refractivity contribution in [2.75, 3.05) is 13.2 Å². The summed E-state index contributed by atoms with van der Waals surface area (Å²) in [7, 11) is 0. The highest BCUT2D eigenvalue weighted by Crippen LogP contribution is 2.33. The summed E-state index contributed by atoms with van der Waals surface area (Å²) in [5.74, 6) is -5.69. The normalized spacial score (nSPS) is 27.7. The summed E-state index contributed by atoms with van der Waals surface area (Å²) in [5.41, 5.74) is -0.661. The summed E-state index contributed by atoms with van der Waals surface area (Å²) in [4.78, 5) is 47.5. The second kappa shape index (κ2) is 10.1. The molecule has 8 nitrogen and oxygen atoms in total. The molecule has 29 heavy (non-hydrogen) atoms. The van der Waals surface area contributed by atoms with E-state index in [0.29, 0.717) is 25.7 Å². The van der Waals surface area contributed by atoms with Gasteiger partial charge in [-0.25, -0.2) is 0 Å². The monoisotopic (exact) mass is 412 g/mol. The van der Waals surface area contributed by atoms with Gasteiger partial charge in [0.05, 0.1) is 36.9 Å². The summed E-state index contributed by atoms with van der Waals surface area (Å²) < 4.78 is 10.8. The van der Waals surface area contributed by atoms with Gasteiger partial charge in [0.25, 0.3) is 0 Å². The Kier molecular flexibility index (Phi) is 8.05. The number of aliphatic carboxylic acids is 2. The number of carbonyl (C=O) groups is 4. The fraction of sp³-hybridized carbons (Fsp3) is 0.810. The van der Waals surface area contributed by atoms with Crippen LogP contribution in [-0.2, 0) is 28.7 Å². The van der Waals surface area contributed by atoms with Crippen molar-refractivity contribution in [3.8, 4) is 0 Å². The van der Waals surface area contributed by atoms with Crippen LogP contribution >= 0.6 is 0 Å². The molecule has 0 amide bonds. The van der Waals surface area contributed by atoms with Gasteiger partial charge in [-0.2, -0.15) is 0 Å². The van der Waals surface area contributed by atoms with Crippen molar-refractivity contribution in [3.63, 3.8) is 0 Å². The second-order valence-electron chi connectivity index (χ2n) is 9.05. The molecule has 0 aromatic carbocycles. The number of ether oxygens (including phenoxy) is 2. The van der Waals surface area contributed by atoms with E-state index >= 15 is 0 Å². The molecule has 0 saturated heterocycles. The smallest absolute Gasteiger partial charge is 0.309 e. The highest BCUT2D eigenvalue weighted by Gasteiger charge is 2.39. The van der Waals surface area contributed by atoms with E-state index in [1.807, 2.05) is 0 Å². The Hall–Kier alpha value is -2.12. The molecule has 4 atom stereocenters. The van der Waals surface area contributed by atoms with Crippen LogP contribution in [0.5, 0.6) is 0 Å². The van der Waals surface area contributed by atoms with Crippen molar-refractivity contribution in [3.05, 3.63) is 0 Å². The van der Waals surface area contributed by atoms with Crippen molar-refractivity contribution >= 4 is 23.9 Å². The number of hydrogen-bond acceptors (Lipinski definition) is 6. The molecular weight excluding hydrogens is 380 g/mol. The lowest BCUT2D eigenvalue weighted by Gasteiger charge is -2.30. The van der Waals surface area contributed by atoms with E-state index in [-0.39, 0.29) is 13.2 Å². The first kappa shape index (κ1) is 23.2. The summed E-state index contributed by atoms with van der Waals surface area (Å²) in [5, 5.41) is 18.6. The van der Waals surface area contributed by atoms with E-state index in [1.54, 1.807) is 13.8 Å². The predicted octanol–water partition coefficient (Wildman–Crippen LogP) is 2.88. The topological polar surface area (TPSA) is 127 Å². The van der Waals surface area contributed by atoms with Crippen LogP contribution in [0.25, 0.3) is 0 Å². The molecule has 164 valence electrons. The van der Waals surface area contributed by atoms with Gasteiger partial charge in [0.15, 0.2) is 0 Å². The van der Waals surface area contributed by atoms with Crippen LogP contribution in [-0.4, -0.2) is 47.3 Å². The van der Waals surface area contributed by atoms with Crippen molar-refractivity contribution in [1.82, 2.24) is 0 Å². The average Bonchev–Trinajstić information content (AvgIpc) is 2.70. The minimum atomic E-state index is -0.972. The SMILES string of the molecule is CC(C)(COC(=O)C1CCCCC1C(=O)O)COC(=O)C1CCCCC1C(=O)O. The fourth-order valence-electron chi connectivity index (χ4n) is 4.21. The molecular formula is C21H32O8. The van der Waals surface area contributed by atoms with Gasteiger partial charge in [-0.05, 0) is 25.7 Å². The van der Waals surface area contributed by atoms with Gasteiger partial charge >= 0.3 is 23.9 Å². The summed E-state index contributed by atoms with van der Waals surface area (Å²) >= 11 is 0. The molecule has 2 fully saturated rings. The Morgan fingerprint density at radius 2 is 1.00 bits per heavy atom. The number of carbonyl (C=O) groups excluding carboxylic acids is 2. The minimum absolute atomic E-state index is 0.00498. The Bertz CT molecular complexity index is 574. The van der Waals surface area contributed by atoms with Crippen LogP contribution < -0.4 is 0 Å². The lowest BCUT2D eigenvalue weighted by Crippen LogP contribution is -2.38. The molecule has 0 spiro atoms. The second-order valence-corrected chi connectivity index (χ2v) is 9.05. The summed E-state index contributed by atoms with van der Waals surface area (Å²) in [6.45, 7) is 3.54. The van der Waals surface area contributed by atoms with Crippen LogP contribution in [0.1, 0.15) is 65.2 Å². The third-order valence-corrected chi connectivity index (χ3v) is 5.98. The van der Waals surface area contributed by atoms with Gasteiger partial charge in [-0.3, -0.25) is 19.2 Å². The molecule has 0 aromatic rings. The standard InChI is InChI=1S/C21H32O8/c1-21(2,11-28-19(26)15-9-5-3-7-13(15)17(22)23)12-29-20(27)16-10-6-4-8-14(16)18(24)25/h13-16H,3-12H2,1-2H3,(H,22,23)(H,24,25). The van der Waals surface area contributed by atoms with Crippen LogP contribution in [0.4, 0.5) is 0 Å². The van der Waals surface area contributed by atoms with E-state index in [9.17, 15) is 29.4 Å². The Balaban J connectivity index is 1.84. The molecule has 2 aliphatic rings. The number of carboxylic acid groups (broad SMARTS) is 2. The largest absolute Gasteiger partial charge is 0.481 e.